The van der Waals surface area contributed by atoms with Crippen LogP contribution >= 0.6 is 0 Å². The third-order valence-electron chi connectivity index (χ3n) is 3.52. The van der Waals surface area contributed by atoms with Crippen molar-refractivity contribution in [3.8, 4) is 0 Å². The highest BCUT2D eigenvalue weighted by Gasteiger charge is 2.18. The number of hydrogen-bond donors (Lipinski definition) is 3. The molecule has 3 N–H and O–H groups in total. The highest BCUT2D eigenvalue weighted by Crippen LogP contribution is 1.96. The summed E-state index contributed by atoms with van der Waals surface area (Å²) in [4.78, 5) is 24.6. The van der Waals surface area contributed by atoms with Crippen LogP contribution in [0, 0.1) is 0 Å². The van der Waals surface area contributed by atoms with Crippen molar-refractivity contribution in [1.82, 2.24) is 10.6 Å². The fourth-order valence-corrected chi connectivity index (χ4v) is 2.45. The molecule has 1 saturated heterocycles. The molecule has 1 aliphatic rings. The first-order chi connectivity index (χ1) is 9.74. The molecule has 0 aromatic heterocycles. The monoisotopic (exact) mass is 276 g/mol. The van der Waals surface area contributed by atoms with Crippen LogP contribution in [0.2, 0.25) is 0 Å². The van der Waals surface area contributed by atoms with Crippen LogP contribution in [0.25, 0.3) is 0 Å². The molecule has 20 heavy (non-hydrogen) atoms. The quantitative estimate of drug-likeness (QED) is 0.729. The molecule has 0 spiro atoms. The number of carbonyl (C=O) groups is 2. The van der Waals surface area contributed by atoms with Crippen LogP contribution in [0.3, 0.4) is 0 Å². The van der Waals surface area contributed by atoms with E-state index >= 15 is 0 Å². The number of imide groups is 1. The predicted octanol–water partition coefficient (Wildman–Crippen LogP) is 0.0812. The molecule has 0 bridgehead atoms. The van der Waals surface area contributed by atoms with Crippen LogP contribution in [-0.2, 0) is 11.3 Å². The fourth-order valence-electron chi connectivity index (χ4n) is 2.45. The van der Waals surface area contributed by atoms with E-state index in [1.165, 1.54) is 24.2 Å². The van der Waals surface area contributed by atoms with Gasteiger partial charge in [0.1, 0.15) is 0 Å². The van der Waals surface area contributed by atoms with Crippen molar-refractivity contribution in [2.75, 3.05) is 19.6 Å². The van der Waals surface area contributed by atoms with Crippen molar-refractivity contribution in [2.24, 2.45) is 0 Å². The van der Waals surface area contributed by atoms with Gasteiger partial charge in [-0.25, -0.2) is 4.79 Å². The largest absolute Gasteiger partial charge is 0.334 e. The average Bonchev–Trinajstić information content (AvgIpc) is 2.47. The zero-order valence-electron chi connectivity index (χ0n) is 11.7. The fraction of sp³-hybridized carbons (Fsp3) is 0.467. The van der Waals surface area contributed by atoms with Crippen LogP contribution in [0.4, 0.5) is 4.79 Å². The highest BCUT2D eigenvalue weighted by molar-refractivity contribution is 5.94. The van der Waals surface area contributed by atoms with Gasteiger partial charge in [0.2, 0.25) is 0 Å². The van der Waals surface area contributed by atoms with Gasteiger partial charge in [-0.2, -0.15) is 0 Å². The van der Waals surface area contributed by atoms with Crippen molar-refractivity contribution in [2.45, 2.75) is 25.8 Å². The Morgan fingerprint density at radius 3 is 2.45 bits per heavy atom. The third-order valence-corrected chi connectivity index (χ3v) is 3.52. The summed E-state index contributed by atoms with van der Waals surface area (Å²) in [6, 6.07) is 9.20. The smallest absolute Gasteiger partial charge is 0.321 e. The Kier molecular flexibility index (Phi) is 5.55. The lowest BCUT2D eigenvalue weighted by molar-refractivity contribution is -0.896. The van der Waals surface area contributed by atoms with Gasteiger partial charge < -0.3 is 10.2 Å². The van der Waals surface area contributed by atoms with Crippen LogP contribution in [0.5, 0.6) is 0 Å². The van der Waals surface area contributed by atoms with E-state index in [0.29, 0.717) is 13.1 Å². The number of likely N-dealkylation sites (tertiary alicyclic amines) is 1. The van der Waals surface area contributed by atoms with Crippen molar-refractivity contribution < 1.29 is 14.5 Å². The molecule has 0 saturated carbocycles. The van der Waals surface area contributed by atoms with Gasteiger partial charge in [-0.1, -0.05) is 30.3 Å². The van der Waals surface area contributed by atoms with E-state index < -0.39 is 6.03 Å². The van der Waals surface area contributed by atoms with Crippen LogP contribution in [0.15, 0.2) is 30.3 Å². The van der Waals surface area contributed by atoms with Gasteiger partial charge in [0.25, 0.3) is 5.91 Å². The van der Waals surface area contributed by atoms with Gasteiger partial charge in [0, 0.05) is 6.54 Å². The maximum atomic E-state index is 11.7. The van der Waals surface area contributed by atoms with Gasteiger partial charge in [-0.05, 0) is 24.8 Å². The number of rotatable bonds is 4. The summed E-state index contributed by atoms with van der Waals surface area (Å²) >= 11 is 0. The summed E-state index contributed by atoms with van der Waals surface area (Å²) in [6.07, 6.45) is 3.59. The maximum Gasteiger partial charge on any atom is 0.321 e. The first kappa shape index (κ1) is 14.5. The lowest BCUT2D eigenvalue weighted by Crippen LogP contribution is -3.14. The van der Waals surface area contributed by atoms with Crippen LogP contribution in [0.1, 0.15) is 24.8 Å². The minimum Gasteiger partial charge on any atom is -0.334 e. The van der Waals surface area contributed by atoms with Crippen molar-refractivity contribution in [3.63, 3.8) is 0 Å². The molecule has 1 aromatic carbocycles. The van der Waals surface area contributed by atoms with E-state index in [1.54, 1.807) is 0 Å². The molecule has 2 rings (SSSR count). The second kappa shape index (κ2) is 7.65. The maximum absolute atomic E-state index is 11.7. The molecule has 3 amide bonds. The number of urea groups is 1. The number of benzene rings is 1. The summed E-state index contributed by atoms with van der Waals surface area (Å²) < 4.78 is 0. The second-order valence-electron chi connectivity index (χ2n) is 5.20. The van der Waals surface area contributed by atoms with E-state index in [4.69, 9.17) is 0 Å². The lowest BCUT2D eigenvalue weighted by Gasteiger charge is -2.22. The Morgan fingerprint density at radius 2 is 1.75 bits per heavy atom. The topological polar surface area (TPSA) is 62.6 Å². The summed E-state index contributed by atoms with van der Waals surface area (Å²) in [5.74, 6) is -0.201. The summed E-state index contributed by atoms with van der Waals surface area (Å²) in [5.41, 5.74) is 1.01. The van der Waals surface area contributed by atoms with E-state index in [9.17, 15) is 9.59 Å². The molecule has 1 heterocycles. The molecule has 5 heteroatoms. The second-order valence-corrected chi connectivity index (χ2v) is 5.20. The molecule has 1 fully saturated rings. The first-order valence-corrected chi connectivity index (χ1v) is 7.19. The van der Waals surface area contributed by atoms with E-state index in [1.807, 2.05) is 30.3 Å². The molecule has 1 aromatic rings. The molecule has 5 nitrogen and oxygen atoms in total. The molecular weight excluding hydrogens is 254 g/mol. The SMILES string of the molecule is O=C(C[NH+]1CCCCC1)NC(=O)NCc1ccccc1. The Morgan fingerprint density at radius 1 is 1.05 bits per heavy atom. The Balaban J connectivity index is 1.67. The van der Waals surface area contributed by atoms with Crippen molar-refractivity contribution in [1.29, 1.82) is 0 Å². The molecule has 0 atom stereocenters. The third kappa shape index (κ3) is 5.01. The molecule has 0 unspecified atom stereocenters. The van der Waals surface area contributed by atoms with Gasteiger partial charge in [-0.15, -0.1) is 0 Å². The first-order valence-electron chi connectivity index (χ1n) is 7.19. The predicted molar refractivity (Wildman–Crippen MR) is 76.2 cm³/mol. The summed E-state index contributed by atoms with van der Waals surface area (Å²) in [5, 5.41) is 5.07. The molecule has 108 valence electrons. The van der Waals surface area contributed by atoms with E-state index in [0.717, 1.165) is 18.7 Å². The Hall–Kier alpha value is -1.88. The number of nitrogens with one attached hydrogen (secondary N) is 3. The van der Waals surface area contributed by atoms with E-state index in [2.05, 4.69) is 10.6 Å². The summed E-state index contributed by atoms with van der Waals surface area (Å²) in [7, 11) is 0. The van der Waals surface area contributed by atoms with Crippen LogP contribution < -0.4 is 15.5 Å². The van der Waals surface area contributed by atoms with E-state index in [-0.39, 0.29) is 5.91 Å². The number of piperidine rings is 1. The number of quaternary nitrogens is 1. The average molecular weight is 276 g/mol. The van der Waals surface area contributed by atoms with Crippen molar-refractivity contribution in [3.05, 3.63) is 35.9 Å². The number of carbonyl (C=O) groups excluding carboxylic acids is 2. The molecular formula is C15H22N3O2+. The molecule has 1 aliphatic heterocycles. The Bertz CT molecular complexity index is 442. The summed E-state index contributed by atoms with van der Waals surface area (Å²) in [6.45, 7) is 2.87. The normalized spacial score (nSPS) is 15.6. The standard InChI is InChI=1S/C15H21N3O2/c19-14(12-18-9-5-2-6-10-18)17-15(20)16-11-13-7-3-1-4-8-13/h1,3-4,7-8H,2,5-6,9-12H2,(H2,16,17,19,20)/p+1. The van der Waals surface area contributed by atoms with Crippen LogP contribution in [-0.4, -0.2) is 31.6 Å². The van der Waals surface area contributed by atoms with Gasteiger partial charge in [-0.3, -0.25) is 10.1 Å². The lowest BCUT2D eigenvalue weighted by atomic mass is 10.1. The minimum atomic E-state index is -0.421. The molecule has 0 radical (unpaired) electrons. The zero-order valence-corrected chi connectivity index (χ0v) is 11.7. The van der Waals surface area contributed by atoms with Gasteiger partial charge in [0.15, 0.2) is 6.54 Å². The zero-order chi connectivity index (χ0) is 14.2. The molecule has 0 aliphatic carbocycles. The number of hydrogen-bond acceptors (Lipinski definition) is 2. The minimum absolute atomic E-state index is 0.201. The van der Waals surface area contributed by atoms with Crippen molar-refractivity contribution >= 4 is 11.9 Å². The van der Waals surface area contributed by atoms with Gasteiger partial charge >= 0.3 is 6.03 Å². The highest BCUT2D eigenvalue weighted by atomic mass is 16.2. The Labute approximate surface area is 119 Å². The van der Waals surface area contributed by atoms with Gasteiger partial charge in [0.05, 0.1) is 13.1 Å². The number of amides is 3.